The first-order valence-corrected chi connectivity index (χ1v) is 14.2. The molecule has 1 aliphatic heterocycles. The van der Waals surface area contributed by atoms with Crippen LogP contribution in [-0.2, 0) is 31.9 Å². The van der Waals surface area contributed by atoms with Gasteiger partial charge >= 0.3 is 0 Å². The van der Waals surface area contributed by atoms with Crippen LogP contribution in [0.15, 0.2) is 116 Å². The molecule has 0 unspecified atom stereocenters. The quantitative estimate of drug-likeness (QED) is 0.150. The van der Waals surface area contributed by atoms with Crippen LogP contribution in [-0.4, -0.2) is 21.7 Å². The van der Waals surface area contributed by atoms with Crippen molar-refractivity contribution < 1.29 is 25.8 Å². The Morgan fingerprint density at radius 2 is 1.30 bits per heavy atom. The van der Waals surface area contributed by atoms with Crippen LogP contribution < -0.4 is 9.64 Å². The second kappa shape index (κ2) is 12.3. The summed E-state index contributed by atoms with van der Waals surface area (Å²) >= 11 is 0. The average Bonchev–Trinajstić information content (AvgIpc) is 3.68. The van der Waals surface area contributed by atoms with Gasteiger partial charge < -0.3 is 14.5 Å². The molecule has 0 aliphatic carbocycles. The van der Waals surface area contributed by atoms with Gasteiger partial charge in [0.25, 0.3) is 0 Å². The van der Waals surface area contributed by atoms with E-state index in [1.54, 1.807) is 0 Å². The van der Waals surface area contributed by atoms with Crippen LogP contribution in [0.25, 0.3) is 5.69 Å². The summed E-state index contributed by atoms with van der Waals surface area (Å²) in [5, 5.41) is 4.79. The minimum atomic E-state index is -0.284. The third kappa shape index (κ3) is 6.33. The van der Waals surface area contributed by atoms with Crippen LogP contribution >= 0.6 is 0 Å². The summed E-state index contributed by atoms with van der Waals surface area (Å²) in [6, 6.07) is 38.1. The first-order chi connectivity index (χ1) is 20.2. The molecule has 6 rings (SSSR count). The van der Waals surface area contributed by atoms with E-state index in [0.29, 0.717) is 11.5 Å². The van der Waals surface area contributed by atoms with E-state index in [9.17, 15) is 0 Å². The van der Waals surface area contributed by atoms with Crippen LogP contribution in [0.4, 0.5) is 5.69 Å². The Bertz CT molecular complexity index is 1710. The minimum Gasteiger partial charge on any atom is -0.510 e. The Hall–Kier alpha value is -4.08. The van der Waals surface area contributed by atoms with Crippen LogP contribution in [0.2, 0.25) is 0 Å². The molecular formula is C37H35N4OPt-3. The number of hydrogen-bond acceptors (Lipinski definition) is 4. The smallest absolute Gasteiger partial charge is 0.0534 e. The number of nitrogens with zero attached hydrogens (tertiary/aromatic N) is 4. The fourth-order valence-electron chi connectivity index (χ4n) is 5.25. The molecule has 0 fully saturated rings. The minimum absolute atomic E-state index is 0. The summed E-state index contributed by atoms with van der Waals surface area (Å²) in [6.45, 7) is 10.9. The Kier molecular flexibility index (Phi) is 8.66. The van der Waals surface area contributed by atoms with E-state index in [-0.39, 0.29) is 31.9 Å². The van der Waals surface area contributed by atoms with E-state index < -0.39 is 0 Å². The maximum Gasteiger partial charge on any atom is 0.0534 e. The summed E-state index contributed by atoms with van der Waals surface area (Å²) in [5.74, 6) is 1.23. The van der Waals surface area contributed by atoms with E-state index in [4.69, 9.17) is 9.84 Å². The van der Waals surface area contributed by atoms with Crippen molar-refractivity contribution in [3.05, 3.63) is 157 Å². The van der Waals surface area contributed by atoms with Gasteiger partial charge in [0.05, 0.1) is 6.20 Å². The SMILES string of the molecule is CN1C=CN(c2[c-]c(Oc3[c-]c(-n4cc(C(C)(C)c5ccccc5)cn4)cc(C(C)(C)c4ccccc4)c3)ccc2)[CH-]1.[Pt]. The molecule has 0 N–H and O–H groups in total. The zero-order valence-electron chi connectivity index (χ0n) is 25.1. The first kappa shape index (κ1) is 30.4. The number of benzene rings is 4. The van der Waals surface area contributed by atoms with Gasteiger partial charge in [0.15, 0.2) is 0 Å². The molecule has 2 heterocycles. The normalized spacial score (nSPS) is 13.2. The third-order valence-corrected chi connectivity index (χ3v) is 8.11. The largest absolute Gasteiger partial charge is 0.510 e. The van der Waals surface area contributed by atoms with Gasteiger partial charge in [0.2, 0.25) is 0 Å². The fraction of sp³-hybridized carbons (Fsp3) is 0.189. The van der Waals surface area contributed by atoms with Crippen LogP contribution in [0.3, 0.4) is 0 Å². The van der Waals surface area contributed by atoms with Crippen LogP contribution in [0.5, 0.6) is 11.5 Å². The Morgan fingerprint density at radius 1 is 0.674 bits per heavy atom. The maximum atomic E-state index is 6.45. The zero-order chi connectivity index (χ0) is 29.3. The third-order valence-electron chi connectivity index (χ3n) is 8.11. The molecule has 0 saturated carbocycles. The number of aromatic nitrogens is 2. The standard InChI is InChI=1S/C37H35N4O.Pt/c1-36(2,28-13-8-6-9-14-28)30-21-33(41-26-31(25-38-41)37(3,4)29-15-10-7-11-16-29)24-35(22-30)42-34-18-12-17-32(23-34)40-20-19-39(5)27-40;/h6-22,25-27H,1-5H3;/q-3;. The van der Waals surface area contributed by atoms with E-state index in [1.165, 1.54) is 11.1 Å². The predicted molar refractivity (Wildman–Crippen MR) is 169 cm³/mol. The molecule has 0 spiro atoms. The first-order valence-electron chi connectivity index (χ1n) is 14.2. The van der Waals surface area contributed by atoms with Crippen molar-refractivity contribution in [2.75, 3.05) is 11.9 Å². The number of anilines is 1. The second-order valence-corrected chi connectivity index (χ2v) is 11.8. The molecule has 0 amide bonds. The van der Waals surface area contributed by atoms with Gasteiger partial charge in [0, 0.05) is 49.7 Å². The van der Waals surface area contributed by atoms with Crippen LogP contribution in [0.1, 0.15) is 49.9 Å². The van der Waals surface area contributed by atoms with Gasteiger partial charge in [-0.15, -0.1) is 47.6 Å². The maximum absolute atomic E-state index is 6.45. The van der Waals surface area contributed by atoms with Gasteiger partial charge in [-0.25, -0.2) is 0 Å². The average molecular weight is 747 g/mol. The molecule has 1 aromatic heterocycles. The Balaban J connectivity index is 0.00000368. The molecule has 5 aromatic rings. The topological polar surface area (TPSA) is 33.5 Å². The molecule has 43 heavy (non-hydrogen) atoms. The van der Waals surface area contributed by atoms with Gasteiger partial charge in [-0.3, -0.25) is 4.68 Å². The van der Waals surface area contributed by atoms with Crippen molar-refractivity contribution in [2.24, 2.45) is 0 Å². The molecule has 1 aliphatic rings. The molecule has 6 heteroatoms. The van der Waals surface area contributed by atoms with E-state index in [0.717, 1.165) is 22.5 Å². The molecular weight excluding hydrogens is 712 g/mol. The van der Waals surface area contributed by atoms with E-state index >= 15 is 0 Å². The summed E-state index contributed by atoms with van der Waals surface area (Å²) in [7, 11) is 2.00. The van der Waals surface area contributed by atoms with Gasteiger partial charge in [0.1, 0.15) is 0 Å². The zero-order valence-corrected chi connectivity index (χ0v) is 27.3. The second-order valence-electron chi connectivity index (χ2n) is 11.8. The van der Waals surface area contributed by atoms with Crippen molar-refractivity contribution in [2.45, 2.75) is 38.5 Å². The molecule has 0 atom stereocenters. The van der Waals surface area contributed by atoms with Gasteiger partial charge in [-0.2, -0.15) is 17.8 Å². The molecule has 4 aromatic carbocycles. The van der Waals surface area contributed by atoms with Crippen molar-refractivity contribution in [1.29, 1.82) is 0 Å². The molecule has 0 bridgehead atoms. The summed E-state index contributed by atoms with van der Waals surface area (Å²) in [6.07, 6.45) is 8.04. The van der Waals surface area contributed by atoms with Crippen molar-refractivity contribution in [3.8, 4) is 17.2 Å². The number of ether oxygens (including phenoxy) is 1. The van der Waals surface area contributed by atoms with E-state index in [2.05, 4.69) is 107 Å². The Morgan fingerprint density at radius 3 is 1.93 bits per heavy atom. The molecule has 222 valence electrons. The fourth-order valence-corrected chi connectivity index (χ4v) is 5.25. The molecule has 0 radical (unpaired) electrons. The van der Waals surface area contributed by atoms with Crippen molar-refractivity contribution in [1.82, 2.24) is 14.7 Å². The monoisotopic (exact) mass is 746 g/mol. The summed E-state index contributed by atoms with van der Waals surface area (Å²) in [4.78, 5) is 4.00. The predicted octanol–water partition coefficient (Wildman–Crippen LogP) is 8.26. The van der Waals surface area contributed by atoms with E-state index in [1.807, 2.05) is 77.1 Å². The molecule has 5 nitrogen and oxygen atoms in total. The number of rotatable bonds is 8. The summed E-state index contributed by atoms with van der Waals surface area (Å²) < 4.78 is 8.35. The Labute approximate surface area is 269 Å². The van der Waals surface area contributed by atoms with Crippen LogP contribution in [0, 0.1) is 18.8 Å². The summed E-state index contributed by atoms with van der Waals surface area (Å²) in [5.41, 5.74) is 5.91. The number of hydrogen-bond donors (Lipinski definition) is 0. The molecule has 0 saturated heterocycles. The van der Waals surface area contributed by atoms with Gasteiger partial charge in [-0.05, 0) is 41.7 Å². The van der Waals surface area contributed by atoms with Gasteiger partial charge in [-0.1, -0.05) is 88.4 Å². The van der Waals surface area contributed by atoms with Crippen molar-refractivity contribution in [3.63, 3.8) is 0 Å². The van der Waals surface area contributed by atoms with Crippen molar-refractivity contribution >= 4 is 5.69 Å².